The number of pyridine rings is 2. The normalized spacial score (nSPS) is 11.5. The Morgan fingerprint density at radius 1 is 0.354 bits per heavy atom. The summed E-state index contributed by atoms with van der Waals surface area (Å²) < 4.78 is 2.09. The van der Waals surface area contributed by atoms with E-state index in [2.05, 4.69) is 88.2 Å². The van der Waals surface area contributed by atoms with Gasteiger partial charge in [0.1, 0.15) is 0 Å². The number of para-hydroxylation sites is 2. The lowest BCUT2D eigenvalue weighted by molar-refractivity contribution is 1.27. The third-order valence-corrected chi connectivity index (χ3v) is 9.33. The summed E-state index contributed by atoms with van der Waals surface area (Å²) in [6.07, 6.45) is 0. The van der Waals surface area contributed by atoms with Crippen LogP contribution >= 0.6 is 0 Å². The predicted octanol–water partition coefficient (Wildman–Crippen LogP) is 10.4. The van der Waals surface area contributed by atoms with Crippen LogP contribution in [0.25, 0.3) is 60.3 Å². The van der Waals surface area contributed by atoms with E-state index < -0.39 is 0 Å². The Morgan fingerprint density at radius 2 is 0.792 bits per heavy atom. The van der Waals surface area contributed by atoms with E-state index in [9.17, 15) is 9.59 Å². The Morgan fingerprint density at radius 3 is 1.35 bits per heavy atom. The van der Waals surface area contributed by atoms with E-state index in [-0.39, 0.29) is 10.9 Å². The van der Waals surface area contributed by atoms with E-state index in [4.69, 9.17) is 0 Å². The summed E-state index contributed by atoms with van der Waals surface area (Å²) in [5.74, 6) is 0. The van der Waals surface area contributed by atoms with Gasteiger partial charge in [0.05, 0.1) is 16.6 Å². The smallest absolute Gasteiger partial charge is 0.197 e. The number of anilines is 3. The number of aromatic nitrogens is 1. The number of rotatable bonds is 5. The van der Waals surface area contributed by atoms with Crippen LogP contribution in [0.15, 0.2) is 179 Å². The summed E-state index contributed by atoms with van der Waals surface area (Å²) in [4.78, 5) is 29.8. The predicted molar refractivity (Wildman–Crippen MR) is 199 cm³/mol. The third-order valence-electron chi connectivity index (χ3n) is 9.33. The lowest BCUT2D eigenvalue weighted by Crippen LogP contribution is -2.15. The van der Waals surface area contributed by atoms with Crippen LogP contribution in [-0.2, 0) is 0 Å². The van der Waals surface area contributed by atoms with Crippen LogP contribution in [-0.4, -0.2) is 4.40 Å². The molecule has 4 heteroatoms. The highest BCUT2D eigenvalue weighted by Gasteiger charge is 2.19. The highest BCUT2D eigenvalue weighted by atomic mass is 16.1. The van der Waals surface area contributed by atoms with Gasteiger partial charge in [0.2, 0.25) is 0 Å². The largest absolute Gasteiger partial charge is 0.310 e. The zero-order valence-electron chi connectivity index (χ0n) is 25.9. The zero-order valence-corrected chi connectivity index (χ0v) is 25.9. The van der Waals surface area contributed by atoms with Crippen LogP contribution in [0.3, 0.4) is 0 Å². The van der Waals surface area contributed by atoms with Crippen molar-refractivity contribution in [3.63, 3.8) is 0 Å². The van der Waals surface area contributed by atoms with E-state index in [1.807, 2.05) is 84.9 Å². The van der Waals surface area contributed by atoms with Crippen molar-refractivity contribution in [2.45, 2.75) is 0 Å². The maximum Gasteiger partial charge on any atom is 0.197 e. The number of benzene rings is 7. The first-order chi connectivity index (χ1) is 23.7. The summed E-state index contributed by atoms with van der Waals surface area (Å²) in [6, 6.07) is 57.0. The van der Waals surface area contributed by atoms with Gasteiger partial charge in [-0.2, -0.15) is 0 Å². The van der Waals surface area contributed by atoms with Gasteiger partial charge in [-0.15, -0.1) is 0 Å². The topological polar surface area (TPSA) is 41.8 Å². The van der Waals surface area contributed by atoms with E-state index >= 15 is 0 Å². The summed E-state index contributed by atoms with van der Waals surface area (Å²) >= 11 is 0. The Hall–Kier alpha value is -6.52. The van der Waals surface area contributed by atoms with Crippen LogP contribution in [0, 0.1) is 0 Å². The van der Waals surface area contributed by atoms with Gasteiger partial charge in [-0.3, -0.25) is 9.59 Å². The molecule has 0 atom stereocenters. The summed E-state index contributed by atoms with van der Waals surface area (Å²) in [5.41, 5.74) is 9.49. The molecule has 226 valence electrons. The molecule has 7 aromatic carbocycles. The molecule has 48 heavy (non-hydrogen) atoms. The van der Waals surface area contributed by atoms with Gasteiger partial charge >= 0.3 is 0 Å². The molecule has 2 aromatic heterocycles. The van der Waals surface area contributed by atoms with Gasteiger partial charge in [-0.25, -0.2) is 0 Å². The quantitative estimate of drug-likeness (QED) is 0.143. The molecule has 0 N–H and O–H groups in total. The summed E-state index contributed by atoms with van der Waals surface area (Å²) in [7, 11) is 0. The lowest BCUT2D eigenvalue weighted by atomic mass is 10.0. The molecule has 4 nitrogen and oxygen atoms in total. The molecular weight excluding hydrogens is 588 g/mol. The fraction of sp³-hybridized carbons (Fsp3) is 0. The van der Waals surface area contributed by atoms with Gasteiger partial charge in [0.25, 0.3) is 0 Å². The van der Waals surface area contributed by atoms with Gasteiger partial charge in [0.15, 0.2) is 10.9 Å². The molecule has 0 spiro atoms. The monoisotopic (exact) mass is 616 g/mol. The van der Waals surface area contributed by atoms with Crippen molar-refractivity contribution < 1.29 is 0 Å². The van der Waals surface area contributed by atoms with Crippen molar-refractivity contribution in [2.24, 2.45) is 0 Å². The second kappa shape index (κ2) is 11.1. The molecular formula is C44H28N2O2. The molecule has 0 saturated heterocycles. The number of hydrogen-bond acceptors (Lipinski definition) is 3. The van der Waals surface area contributed by atoms with Crippen molar-refractivity contribution in [2.75, 3.05) is 4.90 Å². The van der Waals surface area contributed by atoms with Gasteiger partial charge in [-0.05, 0) is 89.0 Å². The minimum absolute atomic E-state index is 0.0651. The molecule has 0 aliphatic heterocycles. The summed E-state index contributed by atoms with van der Waals surface area (Å²) in [5, 5.41) is 2.31. The second-order valence-electron chi connectivity index (χ2n) is 12.1. The molecule has 0 saturated carbocycles. The standard InChI is InChI=1S/C44H28N2O2/c47-43-36-14-7-8-17-40(36)46-41-28-35(26-27-37(41)44(48)39-16-9-15-38(43)42(39)46)45(33-22-18-31(19-23-33)29-10-3-1-4-11-29)34-24-20-32(21-25-34)30-12-5-2-6-13-30/h1-28H. The molecule has 0 aliphatic carbocycles. The van der Waals surface area contributed by atoms with Crippen molar-refractivity contribution in [3.8, 4) is 22.3 Å². The van der Waals surface area contributed by atoms with Gasteiger partial charge in [0, 0.05) is 38.6 Å². The van der Waals surface area contributed by atoms with Crippen LogP contribution in [0.2, 0.25) is 0 Å². The average Bonchev–Trinajstić information content (AvgIpc) is 3.16. The van der Waals surface area contributed by atoms with Crippen molar-refractivity contribution in [1.29, 1.82) is 0 Å². The number of hydrogen-bond donors (Lipinski definition) is 0. The molecule has 0 fully saturated rings. The first-order valence-corrected chi connectivity index (χ1v) is 16.0. The molecule has 0 radical (unpaired) electrons. The van der Waals surface area contributed by atoms with Crippen LogP contribution < -0.4 is 15.8 Å². The zero-order chi connectivity index (χ0) is 32.2. The third kappa shape index (κ3) is 4.38. The first kappa shape index (κ1) is 27.8. The Balaban J connectivity index is 1.30. The second-order valence-corrected chi connectivity index (χ2v) is 12.1. The fourth-order valence-electron chi connectivity index (χ4n) is 7.02. The highest BCUT2D eigenvalue weighted by Crippen LogP contribution is 2.38. The van der Waals surface area contributed by atoms with Crippen molar-refractivity contribution in [1.82, 2.24) is 4.40 Å². The fourth-order valence-corrected chi connectivity index (χ4v) is 7.02. The molecule has 0 aliphatic rings. The lowest BCUT2D eigenvalue weighted by Gasteiger charge is -2.26. The minimum Gasteiger partial charge on any atom is -0.310 e. The van der Waals surface area contributed by atoms with Crippen LogP contribution in [0.4, 0.5) is 17.1 Å². The SMILES string of the molecule is O=c1c2ccccc2n2c3cc(N(c4ccc(-c5ccccc5)cc4)c4ccc(-c5ccccc5)cc4)ccc3c(=O)c3cccc1c32. The van der Waals surface area contributed by atoms with E-state index in [0.29, 0.717) is 27.1 Å². The molecule has 9 rings (SSSR count). The Kier molecular flexibility index (Phi) is 6.41. The Bertz CT molecular complexity index is 2640. The van der Waals surface area contributed by atoms with E-state index in [1.54, 1.807) is 6.07 Å². The van der Waals surface area contributed by atoms with Gasteiger partial charge in [-0.1, -0.05) is 103 Å². The van der Waals surface area contributed by atoms with Crippen molar-refractivity contribution >= 4 is 55.2 Å². The maximum atomic E-state index is 14.0. The first-order valence-electron chi connectivity index (χ1n) is 16.0. The Labute approximate surface area is 276 Å². The molecule has 9 aromatic rings. The van der Waals surface area contributed by atoms with Crippen LogP contribution in [0.1, 0.15) is 0 Å². The highest BCUT2D eigenvalue weighted by molar-refractivity contribution is 6.08. The summed E-state index contributed by atoms with van der Waals surface area (Å²) in [6.45, 7) is 0. The van der Waals surface area contributed by atoms with E-state index in [1.165, 1.54) is 0 Å². The number of nitrogens with zero attached hydrogens (tertiary/aromatic N) is 2. The average molecular weight is 617 g/mol. The molecule has 0 amide bonds. The number of fused-ring (bicyclic) bond motifs is 4. The molecule has 2 heterocycles. The van der Waals surface area contributed by atoms with E-state index in [0.717, 1.165) is 50.3 Å². The molecule has 0 unspecified atom stereocenters. The molecule has 0 bridgehead atoms. The minimum atomic E-state index is -0.0807. The van der Waals surface area contributed by atoms with Gasteiger partial charge < -0.3 is 9.30 Å². The van der Waals surface area contributed by atoms with Crippen molar-refractivity contribution in [3.05, 3.63) is 190 Å². The van der Waals surface area contributed by atoms with Crippen LogP contribution in [0.5, 0.6) is 0 Å². The maximum absolute atomic E-state index is 14.0.